The van der Waals surface area contributed by atoms with E-state index in [0.717, 1.165) is 30.4 Å². The molecule has 1 saturated heterocycles. The van der Waals surface area contributed by atoms with E-state index >= 15 is 0 Å². The highest BCUT2D eigenvalue weighted by atomic mass is 32.2. The maximum absolute atomic E-state index is 13.1. The van der Waals surface area contributed by atoms with Crippen molar-refractivity contribution in [3.63, 3.8) is 0 Å². The minimum Gasteiger partial charge on any atom is -0.398 e. The van der Waals surface area contributed by atoms with Crippen molar-refractivity contribution >= 4 is 15.7 Å². The van der Waals surface area contributed by atoms with Crippen LogP contribution in [0.2, 0.25) is 0 Å². The van der Waals surface area contributed by atoms with Crippen LogP contribution < -0.4 is 5.73 Å². The Hall–Kier alpha value is -1.11. The minimum atomic E-state index is -3.57. The highest BCUT2D eigenvalue weighted by Gasteiger charge is 2.43. The number of morpholine rings is 1. The molecule has 5 nitrogen and oxygen atoms in total. The van der Waals surface area contributed by atoms with E-state index in [1.54, 1.807) is 10.4 Å². The summed E-state index contributed by atoms with van der Waals surface area (Å²) in [6.45, 7) is 4.61. The first-order valence-electron chi connectivity index (χ1n) is 7.42. The minimum absolute atomic E-state index is 0.0388. The van der Waals surface area contributed by atoms with Gasteiger partial charge in [0.15, 0.2) is 0 Å². The lowest BCUT2D eigenvalue weighted by atomic mass is 10.1. The molecule has 116 valence electrons. The third-order valence-corrected chi connectivity index (χ3v) is 6.83. The highest BCUT2D eigenvalue weighted by molar-refractivity contribution is 7.89. The summed E-state index contributed by atoms with van der Waals surface area (Å²) in [5, 5.41) is 0. The molecule has 1 saturated carbocycles. The Kier molecular flexibility index (Phi) is 3.71. The fraction of sp³-hybridized carbons (Fsp3) is 0.600. The number of aryl methyl sites for hydroxylation is 1. The lowest BCUT2D eigenvalue weighted by Crippen LogP contribution is -2.51. The smallest absolute Gasteiger partial charge is 0.245 e. The first-order chi connectivity index (χ1) is 9.93. The summed E-state index contributed by atoms with van der Waals surface area (Å²) in [4.78, 5) is 0.273. The molecule has 0 aromatic heterocycles. The van der Waals surface area contributed by atoms with E-state index in [9.17, 15) is 8.42 Å². The Morgan fingerprint density at radius 3 is 2.81 bits per heavy atom. The van der Waals surface area contributed by atoms with Crippen LogP contribution in [0.1, 0.15) is 30.4 Å². The first-order valence-corrected chi connectivity index (χ1v) is 8.86. The van der Waals surface area contributed by atoms with Gasteiger partial charge in [0.2, 0.25) is 10.0 Å². The number of ether oxygens (including phenoxy) is 1. The van der Waals surface area contributed by atoms with Gasteiger partial charge in [-0.1, -0.05) is 6.07 Å². The van der Waals surface area contributed by atoms with Gasteiger partial charge in [-0.3, -0.25) is 0 Å². The fourth-order valence-corrected chi connectivity index (χ4v) is 5.52. The molecule has 1 aliphatic carbocycles. The zero-order chi connectivity index (χ0) is 15.2. The van der Waals surface area contributed by atoms with Gasteiger partial charge in [-0.25, -0.2) is 8.42 Å². The van der Waals surface area contributed by atoms with Gasteiger partial charge in [0.05, 0.1) is 24.4 Å². The molecule has 2 unspecified atom stereocenters. The van der Waals surface area contributed by atoms with Crippen LogP contribution in [0.5, 0.6) is 0 Å². The number of hydrogen-bond acceptors (Lipinski definition) is 4. The summed E-state index contributed by atoms with van der Waals surface area (Å²) >= 11 is 0. The number of nitrogens with zero attached hydrogens (tertiary/aromatic N) is 1. The summed E-state index contributed by atoms with van der Waals surface area (Å²) in [7, 11) is -3.57. The molecule has 6 heteroatoms. The Bertz CT molecular complexity index is 657. The van der Waals surface area contributed by atoms with Crippen LogP contribution >= 0.6 is 0 Å². The Morgan fingerprint density at radius 2 is 2.05 bits per heavy atom. The SMILES string of the molecule is Cc1ccc(N)c(S(=O)(=O)N2CCOC3CCCC32)c1C. The first kappa shape index (κ1) is 14.8. The summed E-state index contributed by atoms with van der Waals surface area (Å²) in [5.41, 5.74) is 8.01. The molecule has 2 aliphatic rings. The van der Waals surface area contributed by atoms with E-state index in [2.05, 4.69) is 0 Å². The van der Waals surface area contributed by atoms with Crippen molar-refractivity contribution < 1.29 is 13.2 Å². The second kappa shape index (κ2) is 5.26. The molecule has 2 fully saturated rings. The number of rotatable bonds is 2. The average molecular weight is 310 g/mol. The number of hydrogen-bond donors (Lipinski definition) is 1. The number of fused-ring (bicyclic) bond motifs is 1. The Balaban J connectivity index is 2.06. The van der Waals surface area contributed by atoms with Crippen molar-refractivity contribution in [3.8, 4) is 0 Å². The average Bonchev–Trinajstić information content (AvgIpc) is 2.91. The predicted molar refractivity (Wildman–Crippen MR) is 81.6 cm³/mol. The molecule has 1 aliphatic heterocycles. The molecule has 1 aromatic rings. The number of anilines is 1. The fourth-order valence-electron chi connectivity index (χ4n) is 3.46. The van der Waals surface area contributed by atoms with Crippen molar-refractivity contribution in [1.82, 2.24) is 4.31 Å². The molecule has 21 heavy (non-hydrogen) atoms. The lowest BCUT2D eigenvalue weighted by molar-refractivity contribution is -0.0241. The van der Waals surface area contributed by atoms with Crippen LogP contribution in [0.25, 0.3) is 0 Å². The molecule has 0 bridgehead atoms. The maximum atomic E-state index is 13.1. The van der Waals surface area contributed by atoms with E-state index < -0.39 is 10.0 Å². The number of nitrogen functional groups attached to an aromatic ring is 1. The van der Waals surface area contributed by atoms with Gasteiger partial charge < -0.3 is 10.5 Å². The molecular formula is C15H22N2O3S. The van der Waals surface area contributed by atoms with Gasteiger partial charge in [-0.15, -0.1) is 0 Å². The second-order valence-corrected chi connectivity index (χ2v) is 7.78. The molecule has 0 radical (unpaired) electrons. The number of nitrogens with two attached hydrogens (primary N) is 1. The van der Waals surface area contributed by atoms with E-state index in [4.69, 9.17) is 10.5 Å². The van der Waals surface area contributed by atoms with Gasteiger partial charge in [-0.2, -0.15) is 4.31 Å². The second-order valence-electron chi connectivity index (χ2n) is 5.95. The number of benzene rings is 1. The normalized spacial score (nSPS) is 26.8. The van der Waals surface area contributed by atoms with Gasteiger partial charge in [0.1, 0.15) is 4.90 Å². The van der Waals surface area contributed by atoms with Crippen molar-refractivity contribution in [3.05, 3.63) is 23.3 Å². The molecule has 1 heterocycles. The van der Waals surface area contributed by atoms with Crippen LogP contribution in [-0.4, -0.2) is 38.0 Å². The third-order valence-electron chi connectivity index (χ3n) is 4.71. The quantitative estimate of drug-likeness (QED) is 0.846. The van der Waals surface area contributed by atoms with Crippen molar-refractivity contribution in [1.29, 1.82) is 0 Å². The molecule has 1 aromatic carbocycles. The van der Waals surface area contributed by atoms with Crippen LogP contribution in [0.15, 0.2) is 17.0 Å². The molecule has 2 N–H and O–H groups in total. The molecule has 0 amide bonds. The topological polar surface area (TPSA) is 72.6 Å². The molecule has 2 atom stereocenters. The monoisotopic (exact) mass is 310 g/mol. The zero-order valence-corrected chi connectivity index (χ0v) is 13.3. The summed E-state index contributed by atoms with van der Waals surface area (Å²) in [6.07, 6.45) is 2.87. The number of sulfonamides is 1. The largest absolute Gasteiger partial charge is 0.398 e. The van der Waals surface area contributed by atoms with Crippen LogP contribution in [0.3, 0.4) is 0 Å². The van der Waals surface area contributed by atoms with Crippen LogP contribution in [0, 0.1) is 13.8 Å². The summed E-state index contributed by atoms with van der Waals surface area (Å²) in [6, 6.07) is 3.51. The zero-order valence-electron chi connectivity index (χ0n) is 12.5. The molecule has 0 spiro atoms. The van der Waals surface area contributed by atoms with E-state index in [-0.39, 0.29) is 17.0 Å². The van der Waals surface area contributed by atoms with Gasteiger partial charge in [0, 0.05) is 6.54 Å². The Labute approximate surface area is 126 Å². The van der Waals surface area contributed by atoms with E-state index in [0.29, 0.717) is 18.8 Å². The maximum Gasteiger partial charge on any atom is 0.245 e. The van der Waals surface area contributed by atoms with Gasteiger partial charge >= 0.3 is 0 Å². The van der Waals surface area contributed by atoms with Crippen molar-refractivity contribution in [2.75, 3.05) is 18.9 Å². The van der Waals surface area contributed by atoms with Crippen molar-refractivity contribution in [2.45, 2.75) is 50.2 Å². The third kappa shape index (κ3) is 2.35. The highest BCUT2D eigenvalue weighted by Crippen LogP contribution is 2.36. The summed E-state index contributed by atoms with van der Waals surface area (Å²) < 4.78 is 33.6. The Morgan fingerprint density at radius 1 is 1.29 bits per heavy atom. The molecular weight excluding hydrogens is 288 g/mol. The van der Waals surface area contributed by atoms with Gasteiger partial charge in [0.25, 0.3) is 0 Å². The predicted octanol–water partition coefficient (Wildman–Crippen LogP) is 1.83. The van der Waals surface area contributed by atoms with Crippen molar-refractivity contribution in [2.24, 2.45) is 0 Å². The van der Waals surface area contributed by atoms with Gasteiger partial charge in [-0.05, 0) is 50.3 Å². The van der Waals surface area contributed by atoms with Crippen LogP contribution in [0.4, 0.5) is 5.69 Å². The van der Waals surface area contributed by atoms with E-state index in [1.807, 2.05) is 19.9 Å². The van der Waals surface area contributed by atoms with E-state index in [1.165, 1.54) is 0 Å². The molecule has 3 rings (SSSR count). The standard InChI is InChI=1S/C15H22N2O3S/c1-10-6-7-12(16)15(11(10)2)21(18,19)17-8-9-20-14-5-3-4-13(14)17/h6-7,13-14H,3-5,8-9,16H2,1-2H3. The summed E-state index contributed by atoms with van der Waals surface area (Å²) in [5.74, 6) is 0. The lowest BCUT2D eigenvalue weighted by Gasteiger charge is -2.37. The van der Waals surface area contributed by atoms with Crippen LogP contribution in [-0.2, 0) is 14.8 Å².